The van der Waals surface area contributed by atoms with Crippen molar-refractivity contribution < 1.29 is 0 Å². The second-order valence-corrected chi connectivity index (χ2v) is 7.62. The number of benzene rings is 2. The maximum atomic E-state index is 6.15. The zero-order chi connectivity index (χ0) is 18.1. The monoisotopic (exact) mass is 367 g/mol. The molecular formula is C22H26ClN3. The highest BCUT2D eigenvalue weighted by Crippen LogP contribution is 2.34. The van der Waals surface area contributed by atoms with Crippen molar-refractivity contribution in [3.05, 3.63) is 58.2 Å². The molecule has 4 rings (SSSR count). The molecule has 3 nitrogen and oxygen atoms in total. The molecule has 0 aliphatic heterocycles. The summed E-state index contributed by atoms with van der Waals surface area (Å²) in [5.41, 5.74) is 7.75. The number of aromatic nitrogens is 1. The van der Waals surface area contributed by atoms with Crippen molar-refractivity contribution in [1.82, 2.24) is 9.88 Å². The van der Waals surface area contributed by atoms with Gasteiger partial charge in [0.1, 0.15) is 0 Å². The maximum absolute atomic E-state index is 6.15. The van der Waals surface area contributed by atoms with Crippen LogP contribution in [0.15, 0.2) is 36.4 Å². The van der Waals surface area contributed by atoms with E-state index in [2.05, 4.69) is 39.5 Å². The lowest BCUT2D eigenvalue weighted by Crippen LogP contribution is -2.17. The Labute approximate surface area is 160 Å². The molecule has 0 bridgehead atoms. The van der Waals surface area contributed by atoms with Crippen LogP contribution in [0.25, 0.3) is 10.9 Å². The third-order valence-corrected chi connectivity index (χ3v) is 5.83. The first kappa shape index (κ1) is 17.4. The number of nitrogens with zero attached hydrogens (tertiary/aromatic N) is 1. The molecule has 0 amide bonds. The molecule has 0 saturated carbocycles. The number of hydrogen-bond acceptors (Lipinski definition) is 2. The van der Waals surface area contributed by atoms with Crippen LogP contribution >= 0.6 is 11.6 Å². The van der Waals surface area contributed by atoms with E-state index < -0.39 is 0 Å². The van der Waals surface area contributed by atoms with Crippen LogP contribution in [0.5, 0.6) is 0 Å². The molecule has 1 aliphatic rings. The van der Waals surface area contributed by atoms with Crippen molar-refractivity contribution >= 4 is 33.9 Å². The molecule has 3 aromatic rings. The fourth-order valence-electron chi connectivity index (χ4n) is 4.08. The number of likely N-dealkylation sites (N-methyl/N-ethyl adjacent to an activating group) is 1. The van der Waals surface area contributed by atoms with E-state index >= 15 is 0 Å². The van der Waals surface area contributed by atoms with Gasteiger partial charge in [-0.25, -0.2) is 0 Å². The van der Waals surface area contributed by atoms with Gasteiger partial charge in [0.15, 0.2) is 0 Å². The number of halogens is 1. The van der Waals surface area contributed by atoms with Crippen LogP contribution in [0.2, 0.25) is 5.02 Å². The number of nitrogens with one attached hydrogen (secondary N) is 2. The van der Waals surface area contributed by atoms with Crippen LogP contribution in [0, 0.1) is 6.92 Å². The summed E-state index contributed by atoms with van der Waals surface area (Å²) in [6.07, 6.45) is 5.02. The summed E-state index contributed by atoms with van der Waals surface area (Å²) in [5, 5.41) is 9.06. The molecule has 0 radical (unpaired) electrons. The summed E-state index contributed by atoms with van der Waals surface area (Å²) in [6, 6.07) is 12.9. The Morgan fingerprint density at radius 2 is 1.81 bits per heavy atom. The van der Waals surface area contributed by atoms with Crippen molar-refractivity contribution in [2.75, 3.05) is 18.9 Å². The maximum Gasteiger partial charge on any atom is 0.0506 e. The van der Waals surface area contributed by atoms with Crippen molar-refractivity contribution in [2.24, 2.45) is 0 Å². The highest BCUT2D eigenvalue weighted by Gasteiger charge is 2.19. The lowest BCUT2D eigenvalue weighted by molar-refractivity contribution is 0.595. The lowest BCUT2D eigenvalue weighted by atomic mass is 9.95. The molecule has 2 aromatic carbocycles. The molecular weight excluding hydrogens is 342 g/mol. The third-order valence-electron chi connectivity index (χ3n) is 5.41. The summed E-state index contributed by atoms with van der Waals surface area (Å²) in [5.74, 6) is 0. The topological polar surface area (TPSA) is 29.0 Å². The lowest BCUT2D eigenvalue weighted by Gasteiger charge is -2.16. The fraction of sp³-hybridized carbons (Fsp3) is 0.364. The summed E-state index contributed by atoms with van der Waals surface area (Å²) < 4.78 is 2.53. The molecule has 0 saturated heterocycles. The molecule has 1 aliphatic carbocycles. The SMILES string of the molecule is CNCCn1c2c(c3ccc(Nc4ccc(Cl)c(C)c4)cc31)CCCC2. The van der Waals surface area contributed by atoms with E-state index in [1.54, 1.807) is 11.3 Å². The molecule has 136 valence electrons. The number of hydrogen-bond donors (Lipinski definition) is 2. The average molecular weight is 368 g/mol. The van der Waals surface area contributed by atoms with Gasteiger partial charge >= 0.3 is 0 Å². The molecule has 26 heavy (non-hydrogen) atoms. The first-order valence-corrected chi connectivity index (χ1v) is 9.87. The second-order valence-electron chi connectivity index (χ2n) is 7.21. The number of rotatable bonds is 5. The molecule has 2 N–H and O–H groups in total. The minimum Gasteiger partial charge on any atom is -0.355 e. The minimum atomic E-state index is 0.805. The van der Waals surface area contributed by atoms with Crippen LogP contribution < -0.4 is 10.6 Å². The van der Waals surface area contributed by atoms with Gasteiger partial charge in [-0.2, -0.15) is 0 Å². The van der Waals surface area contributed by atoms with E-state index in [-0.39, 0.29) is 0 Å². The van der Waals surface area contributed by atoms with E-state index in [0.29, 0.717) is 0 Å². The molecule has 0 fully saturated rings. The highest BCUT2D eigenvalue weighted by atomic mass is 35.5. The Hall–Kier alpha value is -1.97. The molecule has 0 atom stereocenters. The van der Waals surface area contributed by atoms with Crippen LogP contribution in [0.1, 0.15) is 29.7 Å². The molecule has 1 heterocycles. The van der Waals surface area contributed by atoms with Crippen molar-refractivity contribution in [3.8, 4) is 0 Å². The minimum absolute atomic E-state index is 0.805. The quantitative estimate of drug-likeness (QED) is 0.628. The third kappa shape index (κ3) is 3.22. The summed E-state index contributed by atoms with van der Waals surface area (Å²) in [7, 11) is 2.02. The standard InChI is InChI=1S/C22H26ClN3/c1-15-13-16(8-10-20(15)23)25-17-7-9-19-18-5-3-4-6-21(18)26(12-11-24-2)22(19)14-17/h7-10,13-14,24-25H,3-6,11-12H2,1-2H3. The molecule has 4 heteroatoms. The predicted octanol–water partition coefficient (Wildman–Crippen LogP) is 5.44. The molecule has 0 spiro atoms. The average Bonchev–Trinajstić information content (AvgIpc) is 2.96. The van der Waals surface area contributed by atoms with Crippen LogP contribution in [-0.2, 0) is 19.4 Å². The van der Waals surface area contributed by atoms with Gasteiger partial charge in [-0.15, -0.1) is 0 Å². The highest BCUT2D eigenvalue weighted by molar-refractivity contribution is 6.31. The van der Waals surface area contributed by atoms with E-state index in [9.17, 15) is 0 Å². The number of fused-ring (bicyclic) bond motifs is 3. The first-order valence-electron chi connectivity index (χ1n) is 9.49. The molecule has 0 unspecified atom stereocenters. The Kier molecular flexibility index (Phi) is 4.92. The van der Waals surface area contributed by atoms with E-state index in [0.717, 1.165) is 35.1 Å². The number of anilines is 2. The van der Waals surface area contributed by atoms with Gasteiger partial charge < -0.3 is 15.2 Å². The first-order chi connectivity index (χ1) is 12.7. The summed E-state index contributed by atoms with van der Waals surface area (Å²) in [6.45, 7) is 4.05. The van der Waals surface area contributed by atoms with E-state index in [4.69, 9.17) is 11.6 Å². The summed E-state index contributed by atoms with van der Waals surface area (Å²) >= 11 is 6.15. The van der Waals surface area contributed by atoms with Gasteiger partial charge in [0.25, 0.3) is 0 Å². The van der Waals surface area contributed by atoms with Crippen molar-refractivity contribution in [3.63, 3.8) is 0 Å². The fourth-order valence-corrected chi connectivity index (χ4v) is 4.20. The van der Waals surface area contributed by atoms with Gasteiger partial charge in [0.05, 0.1) is 5.52 Å². The van der Waals surface area contributed by atoms with Gasteiger partial charge in [0, 0.05) is 40.6 Å². The second kappa shape index (κ2) is 7.34. The Morgan fingerprint density at radius 3 is 2.62 bits per heavy atom. The normalized spacial score (nSPS) is 13.8. The molecule has 1 aromatic heterocycles. The van der Waals surface area contributed by atoms with Crippen molar-refractivity contribution in [2.45, 2.75) is 39.2 Å². The van der Waals surface area contributed by atoms with Crippen LogP contribution in [0.3, 0.4) is 0 Å². The summed E-state index contributed by atoms with van der Waals surface area (Å²) in [4.78, 5) is 0. The van der Waals surface area contributed by atoms with Crippen LogP contribution in [-0.4, -0.2) is 18.2 Å². The smallest absolute Gasteiger partial charge is 0.0506 e. The van der Waals surface area contributed by atoms with Gasteiger partial charge in [0.2, 0.25) is 0 Å². The zero-order valence-corrected chi connectivity index (χ0v) is 16.3. The van der Waals surface area contributed by atoms with Crippen molar-refractivity contribution in [1.29, 1.82) is 0 Å². The number of aryl methyl sites for hydroxylation is 2. The van der Waals surface area contributed by atoms with Gasteiger partial charge in [-0.3, -0.25) is 0 Å². The Morgan fingerprint density at radius 1 is 1.04 bits per heavy atom. The Balaban J connectivity index is 1.74. The Bertz CT molecular complexity index is 942. The predicted molar refractivity (Wildman–Crippen MR) is 112 cm³/mol. The van der Waals surface area contributed by atoms with Gasteiger partial charge in [-0.05, 0) is 81.1 Å². The van der Waals surface area contributed by atoms with E-state index in [1.165, 1.54) is 36.6 Å². The van der Waals surface area contributed by atoms with Gasteiger partial charge in [-0.1, -0.05) is 17.7 Å². The van der Waals surface area contributed by atoms with Crippen LogP contribution in [0.4, 0.5) is 11.4 Å². The largest absolute Gasteiger partial charge is 0.355 e. The van der Waals surface area contributed by atoms with E-state index in [1.807, 2.05) is 26.1 Å². The zero-order valence-electron chi connectivity index (χ0n) is 15.5.